The van der Waals surface area contributed by atoms with E-state index in [-0.39, 0.29) is 0 Å². The van der Waals surface area contributed by atoms with Gasteiger partial charge >= 0.3 is 0 Å². The molecule has 0 spiro atoms. The van der Waals surface area contributed by atoms with Gasteiger partial charge in [-0.3, -0.25) is 15.2 Å². The zero-order valence-corrected chi connectivity index (χ0v) is 15.1. The van der Waals surface area contributed by atoms with Crippen LogP contribution >= 0.6 is 0 Å². The maximum Gasteiger partial charge on any atom is 0.178 e. The molecule has 29 heavy (non-hydrogen) atoms. The van der Waals surface area contributed by atoms with Gasteiger partial charge < -0.3 is 4.98 Å². The number of pyridine rings is 2. The minimum Gasteiger partial charge on any atom is -0.335 e. The Morgan fingerprint density at radius 3 is 2.66 bits per heavy atom. The largest absolute Gasteiger partial charge is 0.335 e. The van der Waals surface area contributed by atoms with E-state index in [1.165, 1.54) is 0 Å². The van der Waals surface area contributed by atoms with E-state index in [1.54, 1.807) is 24.8 Å². The third-order valence-corrected chi connectivity index (χ3v) is 5.00. The Balaban J connectivity index is 1.54. The first kappa shape index (κ1) is 15.7. The monoisotopic (exact) mass is 378 g/mol. The van der Waals surface area contributed by atoms with Gasteiger partial charge in [0.1, 0.15) is 5.69 Å². The number of hydrogen-bond donors (Lipinski definition) is 3. The molecular formula is C21H14N8. The second kappa shape index (κ2) is 6.10. The van der Waals surface area contributed by atoms with Gasteiger partial charge in [0.25, 0.3) is 0 Å². The van der Waals surface area contributed by atoms with Gasteiger partial charge in [0.2, 0.25) is 0 Å². The fourth-order valence-corrected chi connectivity index (χ4v) is 3.58. The molecule has 5 heterocycles. The summed E-state index contributed by atoms with van der Waals surface area (Å²) in [6, 6.07) is 12.0. The SMILES string of the molecule is c1cc(-c2ccnc3nc(-c4n[nH]c5ccc(-c6cn[nH]c6)cc45)[nH]c23)ccn1. The van der Waals surface area contributed by atoms with Crippen LogP contribution in [0.2, 0.25) is 0 Å². The molecule has 8 heteroatoms. The van der Waals surface area contributed by atoms with Crippen LogP contribution in [0.3, 0.4) is 0 Å². The van der Waals surface area contributed by atoms with Gasteiger partial charge in [0.15, 0.2) is 11.5 Å². The predicted octanol–water partition coefficient (Wildman–Crippen LogP) is 3.95. The minimum absolute atomic E-state index is 0.649. The topological polar surface area (TPSA) is 112 Å². The molecule has 0 aliphatic heterocycles. The fourth-order valence-electron chi connectivity index (χ4n) is 3.58. The molecule has 5 aromatic heterocycles. The molecule has 0 radical (unpaired) electrons. The third kappa shape index (κ3) is 2.50. The highest BCUT2D eigenvalue weighted by Crippen LogP contribution is 2.32. The van der Waals surface area contributed by atoms with Crippen LogP contribution in [0.25, 0.3) is 55.8 Å². The van der Waals surface area contributed by atoms with Gasteiger partial charge in [-0.2, -0.15) is 10.2 Å². The summed E-state index contributed by atoms with van der Waals surface area (Å²) < 4.78 is 0. The number of benzene rings is 1. The summed E-state index contributed by atoms with van der Waals surface area (Å²) in [5.41, 5.74) is 7.36. The van der Waals surface area contributed by atoms with Crippen molar-refractivity contribution in [2.24, 2.45) is 0 Å². The number of H-pyrrole nitrogens is 3. The molecule has 0 aliphatic carbocycles. The van der Waals surface area contributed by atoms with Crippen molar-refractivity contribution in [1.82, 2.24) is 40.3 Å². The summed E-state index contributed by atoms with van der Waals surface area (Å²) in [5.74, 6) is 0.671. The van der Waals surface area contributed by atoms with E-state index in [1.807, 2.05) is 36.5 Å². The smallest absolute Gasteiger partial charge is 0.178 e. The van der Waals surface area contributed by atoms with Crippen molar-refractivity contribution < 1.29 is 0 Å². The van der Waals surface area contributed by atoms with Gasteiger partial charge in [0, 0.05) is 41.3 Å². The normalized spacial score (nSPS) is 11.4. The molecule has 1 aromatic carbocycles. The zero-order chi connectivity index (χ0) is 19.2. The molecule has 0 unspecified atom stereocenters. The lowest BCUT2D eigenvalue weighted by Crippen LogP contribution is -1.83. The Morgan fingerprint density at radius 1 is 0.862 bits per heavy atom. The van der Waals surface area contributed by atoms with Crippen LogP contribution in [-0.4, -0.2) is 40.3 Å². The average Bonchev–Trinajstić information content (AvgIpc) is 3.52. The first-order chi connectivity index (χ1) is 14.4. The van der Waals surface area contributed by atoms with Gasteiger partial charge in [0.05, 0.1) is 17.2 Å². The Kier molecular flexibility index (Phi) is 3.30. The predicted molar refractivity (Wildman–Crippen MR) is 110 cm³/mol. The lowest BCUT2D eigenvalue weighted by Gasteiger charge is -2.01. The number of aromatic nitrogens is 8. The molecule has 6 rings (SSSR count). The van der Waals surface area contributed by atoms with E-state index in [4.69, 9.17) is 4.98 Å². The summed E-state index contributed by atoms with van der Waals surface area (Å²) in [4.78, 5) is 16.6. The summed E-state index contributed by atoms with van der Waals surface area (Å²) in [7, 11) is 0. The molecule has 0 atom stereocenters. The van der Waals surface area contributed by atoms with Gasteiger partial charge in [-0.25, -0.2) is 9.97 Å². The highest BCUT2D eigenvalue weighted by atomic mass is 15.1. The van der Waals surface area contributed by atoms with Crippen molar-refractivity contribution in [2.45, 2.75) is 0 Å². The zero-order valence-electron chi connectivity index (χ0n) is 15.1. The van der Waals surface area contributed by atoms with Crippen molar-refractivity contribution >= 4 is 22.1 Å². The van der Waals surface area contributed by atoms with Crippen LogP contribution in [-0.2, 0) is 0 Å². The average molecular weight is 378 g/mol. The first-order valence-corrected chi connectivity index (χ1v) is 9.09. The number of fused-ring (bicyclic) bond motifs is 2. The summed E-state index contributed by atoms with van der Waals surface area (Å²) >= 11 is 0. The number of nitrogens with zero attached hydrogens (tertiary/aromatic N) is 5. The first-order valence-electron chi connectivity index (χ1n) is 9.09. The Labute approximate surface area is 164 Å². The molecule has 8 nitrogen and oxygen atoms in total. The summed E-state index contributed by atoms with van der Waals surface area (Å²) in [6.07, 6.45) is 8.98. The van der Waals surface area contributed by atoms with Gasteiger partial charge in [-0.1, -0.05) is 6.07 Å². The second-order valence-corrected chi connectivity index (χ2v) is 6.70. The molecule has 3 N–H and O–H groups in total. The second-order valence-electron chi connectivity index (χ2n) is 6.70. The maximum atomic E-state index is 4.70. The third-order valence-electron chi connectivity index (χ3n) is 5.00. The van der Waals surface area contributed by atoms with Crippen LogP contribution in [0.4, 0.5) is 0 Å². The molecule has 138 valence electrons. The highest BCUT2D eigenvalue weighted by Gasteiger charge is 2.16. The highest BCUT2D eigenvalue weighted by molar-refractivity contribution is 5.97. The molecular weight excluding hydrogens is 364 g/mol. The molecule has 0 aliphatic rings. The molecule has 0 bridgehead atoms. The van der Waals surface area contributed by atoms with Crippen molar-refractivity contribution in [3.05, 3.63) is 67.4 Å². The Hall–Kier alpha value is -4.33. The summed E-state index contributed by atoms with van der Waals surface area (Å²) in [6.45, 7) is 0. The lowest BCUT2D eigenvalue weighted by atomic mass is 10.1. The lowest BCUT2D eigenvalue weighted by molar-refractivity contribution is 1.09. The van der Waals surface area contributed by atoms with E-state index >= 15 is 0 Å². The number of hydrogen-bond acceptors (Lipinski definition) is 5. The maximum absolute atomic E-state index is 4.70. The quantitative estimate of drug-likeness (QED) is 0.432. The van der Waals surface area contributed by atoms with Crippen LogP contribution in [0.5, 0.6) is 0 Å². The molecule has 0 amide bonds. The van der Waals surface area contributed by atoms with Gasteiger partial charge in [-0.15, -0.1) is 0 Å². The number of imidazole rings is 1. The van der Waals surface area contributed by atoms with Crippen molar-refractivity contribution in [1.29, 1.82) is 0 Å². The van der Waals surface area contributed by atoms with E-state index in [2.05, 4.69) is 41.4 Å². The van der Waals surface area contributed by atoms with Gasteiger partial charge in [-0.05, 0) is 41.5 Å². The molecule has 6 aromatic rings. The number of aromatic amines is 3. The van der Waals surface area contributed by atoms with Crippen LogP contribution < -0.4 is 0 Å². The number of rotatable bonds is 3. The Morgan fingerprint density at radius 2 is 1.79 bits per heavy atom. The van der Waals surface area contributed by atoms with E-state index < -0.39 is 0 Å². The standard InChI is InChI=1S/C21H14N8/c1-2-17-16(9-13(1)14-10-24-25-11-14)19(29-28-17)21-26-18-15(5-8-23-20(18)27-21)12-3-6-22-7-4-12/h1-11H,(H,24,25)(H,28,29)(H,23,26,27). The number of nitrogens with one attached hydrogen (secondary N) is 3. The van der Waals surface area contributed by atoms with Crippen molar-refractivity contribution in [3.63, 3.8) is 0 Å². The van der Waals surface area contributed by atoms with Crippen molar-refractivity contribution in [2.75, 3.05) is 0 Å². The van der Waals surface area contributed by atoms with E-state index in [0.717, 1.165) is 44.4 Å². The molecule has 0 saturated heterocycles. The molecule has 0 fully saturated rings. The summed E-state index contributed by atoms with van der Waals surface area (Å²) in [5, 5.41) is 15.5. The van der Waals surface area contributed by atoms with Crippen molar-refractivity contribution in [3.8, 4) is 33.8 Å². The van der Waals surface area contributed by atoms with E-state index in [9.17, 15) is 0 Å². The Bertz CT molecular complexity index is 1440. The van der Waals surface area contributed by atoms with Crippen LogP contribution in [0.15, 0.2) is 67.4 Å². The van der Waals surface area contributed by atoms with Crippen LogP contribution in [0, 0.1) is 0 Å². The van der Waals surface area contributed by atoms with E-state index in [0.29, 0.717) is 11.5 Å². The minimum atomic E-state index is 0.649. The fraction of sp³-hybridized carbons (Fsp3) is 0. The van der Waals surface area contributed by atoms with Crippen LogP contribution in [0.1, 0.15) is 0 Å². The molecule has 0 saturated carbocycles.